The second kappa shape index (κ2) is 7.04. The Kier molecular flexibility index (Phi) is 6.22. The van der Waals surface area contributed by atoms with Gasteiger partial charge >= 0.3 is 0 Å². The fourth-order valence-corrected chi connectivity index (χ4v) is 4.42. The summed E-state index contributed by atoms with van der Waals surface area (Å²) in [6, 6.07) is 4.61. The zero-order chi connectivity index (χ0) is 15.5. The normalized spacial score (nSPS) is 12.1. The Balaban J connectivity index is 3.12. The van der Waals surface area contributed by atoms with E-state index < -0.39 is 10.0 Å². The second-order valence-electron chi connectivity index (χ2n) is 4.56. The zero-order valence-electron chi connectivity index (χ0n) is 11.1. The number of thiocarbonyl (C=S) groups is 1. The van der Waals surface area contributed by atoms with Crippen molar-refractivity contribution in [3.05, 3.63) is 33.8 Å². The third-order valence-corrected chi connectivity index (χ3v) is 5.39. The van der Waals surface area contributed by atoms with Gasteiger partial charge < -0.3 is 5.73 Å². The minimum absolute atomic E-state index is 0.00257. The summed E-state index contributed by atoms with van der Waals surface area (Å²) >= 11 is 16.8. The summed E-state index contributed by atoms with van der Waals surface area (Å²) in [5, 5.41) is 0.639. The molecule has 0 radical (unpaired) electrons. The van der Waals surface area contributed by atoms with Crippen molar-refractivity contribution in [2.45, 2.75) is 25.6 Å². The van der Waals surface area contributed by atoms with Crippen LogP contribution in [0.5, 0.6) is 0 Å². The number of halogens is 2. The summed E-state index contributed by atoms with van der Waals surface area (Å²) < 4.78 is 26.2. The van der Waals surface area contributed by atoms with E-state index in [9.17, 15) is 8.42 Å². The van der Waals surface area contributed by atoms with Gasteiger partial charge in [0.2, 0.25) is 10.0 Å². The predicted octanol–water partition coefficient (Wildman–Crippen LogP) is 2.82. The first-order valence-electron chi connectivity index (χ1n) is 5.86. The molecule has 1 aromatic rings. The third kappa shape index (κ3) is 4.56. The summed E-state index contributed by atoms with van der Waals surface area (Å²) in [7, 11) is -3.62. The number of rotatable bonds is 6. The molecule has 0 bridgehead atoms. The minimum Gasteiger partial charge on any atom is -0.392 e. The lowest BCUT2D eigenvalue weighted by Gasteiger charge is -2.25. The highest BCUT2D eigenvalue weighted by atomic mass is 35.5. The second-order valence-corrected chi connectivity index (χ2v) is 7.82. The Hall–Kier alpha value is -0.400. The van der Waals surface area contributed by atoms with Crippen LogP contribution in [-0.4, -0.2) is 30.3 Å². The molecule has 0 unspecified atom stereocenters. The van der Waals surface area contributed by atoms with Crippen molar-refractivity contribution in [3.63, 3.8) is 0 Å². The van der Waals surface area contributed by atoms with E-state index in [1.807, 2.05) is 0 Å². The molecule has 0 saturated carbocycles. The Morgan fingerprint density at radius 1 is 1.35 bits per heavy atom. The highest BCUT2D eigenvalue weighted by Gasteiger charge is 2.27. The fraction of sp³-hybridized carbons (Fsp3) is 0.417. The summed E-state index contributed by atoms with van der Waals surface area (Å²) in [5.74, 6) is -0.285. The molecule has 0 aliphatic heterocycles. The van der Waals surface area contributed by atoms with Crippen LogP contribution >= 0.6 is 35.4 Å². The van der Waals surface area contributed by atoms with Crippen LogP contribution in [0, 0.1) is 0 Å². The zero-order valence-corrected chi connectivity index (χ0v) is 14.3. The van der Waals surface area contributed by atoms with Crippen molar-refractivity contribution in [2.75, 3.05) is 6.54 Å². The molecule has 2 N–H and O–H groups in total. The van der Waals surface area contributed by atoms with E-state index in [4.69, 9.17) is 41.2 Å². The maximum absolute atomic E-state index is 12.5. The predicted molar refractivity (Wildman–Crippen MR) is 87.7 cm³/mol. The molecule has 0 aliphatic rings. The van der Waals surface area contributed by atoms with Gasteiger partial charge in [-0.05, 0) is 26.0 Å². The number of nitrogens with two attached hydrogens (primary N) is 1. The van der Waals surface area contributed by atoms with Gasteiger partial charge in [-0.15, -0.1) is 0 Å². The van der Waals surface area contributed by atoms with Crippen LogP contribution in [0.2, 0.25) is 10.0 Å². The summed E-state index contributed by atoms with van der Waals surface area (Å²) in [6.07, 6.45) is 0. The number of nitrogens with zero attached hydrogens (tertiary/aromatic N) is 1. The first-order chi connectivity index (χ1) is 9.15. The molecule has 1 rings (SSSR count). The van der Waals surface area contributed by atoms with Crippen LogP contribution in [0.1, 0.15) is 19.4 Å². The average Bonchev–Trinajstić information content (AvgIpc) is 2.30. The van der Waals surface area contributed by atoms with Crippen molar-refractivity contribution in [1.82, 2.24) is 4.31 Å². The maximum Gasteiger partial charge on any atom is 0.219 e. The van der Waals surface area contributed by atoms with Gasteiger partial charge in [-0.1, -0.05) is 41.5 Å². The van der Waals surface area contributed by atoms with Gasteiger partial charge in [-0.2, -0.15) is 4.31 Å². The molecule has 8 heteroatoms. The Morgan fingerprint density at radius 2 is 1.85 bits per heavy atom. The molecule has 0 spiro atoms. The lowest BCUT2D eigenvalue weighted by molar-refractivity contribution is 0.390. The van der Waals surface area contributed by atoms with E-state index in [1.165, 1.54) is 4.31 Å². The number of benzene rings is 1. The number of sulfonamides is 1. The van der Waals surface area contributed by atoms with Crippen LogP contribution in [-0.2, 0) is 15.8 Å². The molecular weight excluding hydrogens is 339 g/mol. The molecule has 0 saturated heterocycles. The summed E-state index contributed by atoms with van der Waals surface area (Å²) in [4.78, 5) is 0.118. The van der Waals surface area contributed by atoms with Crippen molar-refractivity contribution in [1.29, 1.82) is 0 Å². The molecule has 0 amide bonds. The van der Waals surface area contributed by atoms with Crippen molar-refractivity contribution < 1.29 is 8.42 Å². The highest BCUT2D eigenvalue weighted by molar-refractivity contribution is 7.88. The molecule has 0 fully saturated rings. The minimum atomic E-state index is -3.62. The molecule has 0 heterocycles. The van der Waals surface area contributed by atoms with E-state index in [-0.39, 0.29) is 23.3 Å². The van der Waals surface area contributed by atoms with Gasteiger partial charge in [0.25, 0.3) is 0 Å². The van der Waals surface area contributed by atoms with Crippen LogP contribution < -0.4 is 5.73 Å². The van der Waals surface area contributed by atoms with E-state index in [0.29, 0.717) is 15.6 Å². The molecule has 4 nitrogen and oxygen atoms in total. The van der Waals surface area contributed by atoms with E-state index in [1.54, 1.807) is 32.0 Å². The molecular formula is C12H16Cl2N2O2S2. The molecule has 1 aromatic carbocycles. The quantitative estimate of drug-likeness (QED) is 0.797. The first kappa shape index (κ1) is 17.7. The van der Waals surface area contributed by atoms with Crippen molar-refractivity contribution >= 4 is 50.4 Å². The van der Waals surface area contributed by atoms with E-state index in [0.717, 1.165) is 0 Å². The monoisotopic (exact) mass is 354 g/mol. The van der Waals surface area contributed by atoms with Gasteiger partial charge in [0.1, 0.15) is 0 Å². The third-order valence-electron chi connectivity index (χ3n) is 2.63. The maximum atomic E-state index is 12.5. The first-order valence-corrected chi connectivity index (χ1v) is 8.63. The Labute approximate surface area is 134 Å². The van der Waals surface area contributed by atoms with Gasteiger partial charge in [0.05, 0.1) is 17.3 Å². The molecule has 112 valence electrons. The smallest absolute Gasteiger partial charge is 0.219 e. The van der Waals surface area contributed by atoms with Gasteiger partial charge in [0.15, 0.2) is 0 Å². The largest absolute Gasteiger partial charge is 0.392 e. The van der Waals surface area contributed by atoms with Crippen LogP contribution in [0.15, 0.2) is 18.2 Å². The van der Waals surface area contributed by atoms with Gasteiger partial charge in [-0.25, -0.2) is 8.42 Å². The van der Waals surface area contributed by atoms with Gasteiger partial charge in [0, 0.05) is 21.7 Å². The average molecular weight is 355 g/mol. The van der Waals surface area contributed by atoms with Crippen LogP contribution in [0.4, 0.5) is 0 Å². The van der Waals surface area contributed by atoms with E-state index in [2.05, 4.69) is 0 Å². The highest BCUT2D eigenvalue weighted by Crippen LogP contribution is 2.27. The molecule has 20 heavy (non-hydrogen) atoms. The topological polar surface area (TPSA) is 63.4 Å². The van der Waals surface area contributed by atoms with Gasteiger partial charge in [-0.3, -0.25) is 0 Å². The fourth-order valence-electron chi connectivity index (χ4n) is 1.69. The van der Waals surface area contributed by atoms with Crippen LogP contribution in [0.3, 0.4) is 0 Å². The van der Waals surface area contributed by atoms with Crippen molar-refractivity contribution in [2.24, 2.45) is 5.73 Å². The standard InChI is InChI=1S/C12H16Cl2N2O2S2/c1-8(2)16(6-12(15)19)20(17,18)7-9-10(13)4-3-5-11(9)14/h3-5,8H,6-7H2,1-2H3,(H2,15,19). The molecule has 0 aliphatic carbocycles. The van der Waals surface area contributed by atoms with Crippen LogP contribution in [0.25, 0.3) is 0 Å². The van der Waals surface area contributed by atoms with Crippen molar-refractivity contribution in [3.8, 4) is 0 Å². The van der Waals surface area contributed by atoms with E-state index >= 15 is 0 Å². The molecule has 0 aromatic heterocycles. The lowest BCUT2D eigenvalue weighted by Crippen LogP contribution is -2.42. The Bertz CT molecular complexity index is 583. The summed E-state index contributed by atoms with van der Waals surface area (Å²) in [6.45, 7) is 3.51. The SMILES string of the molecule is CC(C)N(CC(N)=S)S(=O)(=O)Cc1c(Cl)cccc1Cl. The molecule has 0 atom stereocenters. The number of hydrogen-bond donors (Lipinski definition) is 1. The Morgan fingerprint density at radius 3 is 2.25 bits per heavy atom. The number of hydrogen-bond acceptors (Lipinski definition) is 3. The summed E-state index contributed by atoms with van der Waals surface area (Å²) in [5.41, 5.74) is 5.83. The lowest BCUT2D eigenvalue weighted by atomic mass is 10.2.